The van der Waals surface area contributed by atoms with Crippen LogP contribution in [0.1, 0.15) is 74.0 Å². The molecule has 0 bridgehead atoms. The van der Waals surface area contributed by atoms with E-state index in [1.165, 1.54) is 32.6 Å². The van der Waals surface area contributed by atoms with Crippen LogP contribution in [0.3, 0.4) is 0 Å². The molecule has 0 radical (unpaired) electrons. The predicted octanol–water partition coefficient (Wildman–Crippen LogP) is -7.32. The smallest absolute Gasteiger partial charge is 0.314 e. The molecule has 458 valence electrons. The maximum atomic E-state index is 13.1. The molecule has 4 fully saturated rings. The van der Waals surface area contributed by atoms with Crippen molar-refractivity contribution in [2.24, 2.45) is 10.8 Å². The van der Waals surface area contributed by atoms with Crippen molar-refractivity contribution in [2.75, 3.05) is 98.8 Å². The molecule has 12 N–H and O–H groups in total. The second-order valence-corrected chi connectivity index (χ2v) is 20.7. The highest BCUT2D eigenvalue weighted by Crippen LogP contribution is 2.31. The lowest BCUT2D eigenvalue weighted by Gasteiger charge is -2.44. The molecule has 1 unspecified atom stereocenters. The van der Waals surface area contributed by atoms with Crippen LogP contribution in [0, 0.1) is 10.8 Å². The molecule has 81 heavy (non-hydrogen) atoms. The number of amides is 8. The summed E-state index contributed by atoms with van der Waals surface area (Å²) in [6.45, 7) is 5.93. The number of esters is 2. The summed E-state index contributed by atoms with van der Waals surface area (Å²) in [5.41, 5.74) is -2.42. The molecule has 4 rings (SSSR count). The molecule has 0 spiro atoms. The third-order valence-electron chi connectivity index (χ3n) is 13.7. The van der Waals surface area contributed by atoms with Gasteiger partial charge in [0.25, 0.3) is 0 Å². The van der Waals surface area contributed by atoms with Crippen molar-refractivity contribution in [1.82, 2.24) is 41.3 Å². The molecule has 0 aliphatic carbocycles. The molecule has 4 saturated heterocycles. The van der Waals surface area contributed by atoms with Gasteiger partial charge in [-0.05, 0) is 40.5 Å². The number of nitrogens with one attached hydrogen (secondary N) is 5. The topological polar surface area (TPSA) is 455 Å². The van der Waals surface area contributed by atoms with Crippen molar-refractivity contribution >= 4 is 65.2 Å². The molecular weight excluding hydrogens is 1080 g/mol. The minimum Gasteiger partial charge on any atom is -0.481 e. The Bertz CT molecular complexity index is 2140. The fourth-order valence-corrected chi connectivity index (χ4v) is 8.68. The van der Waals surface area contributed by atoms with Crippen LogP contribution in [0.2, 0.25) is 0 Å². The summed E-state index contributed by atoms with van der Waals surface area (Å²) in [5, 5.41) is 82.9. The van der Waals surface area contributed by atoms with Gasteiger partial charge in [0.2, 0.25) is 23.6 Å². The average molecular weight is 1170 g/mol. The van der Waals surface area contributed by atoms with Crippen LogP contribution in [0.15, 0.2) is 0 Å². The van der Waals surface area contributed by atoms with Gasteiger partial charge in [0.05, 0.1) is 82.2 Å². The number of carboxylic acids is 1. The highest BCUT2D eigenvalue weighted by atomic mass is 16.5. The van der Waals surface area contributed by atoms with Crippen molar-refractivity contribution in [3.05, 3.63) is 0 Å². The van der Waals surface area contributed by atoms with Gasteiger partial charge >= 0.3 is 41.5 Å². The molecule has 0 saturated carbocycles. The average Bonchev–Trinajstić information content (AvgIpc) is 3.95. The summed E-state index contributed by atoms with van der Waals surface area (Å²) in [7, 11) is 0. The van der Waals surface area contributed by atoms with Crippen LogP contribution in [-0.4, -0.2) is 275 Å². The summed E-state index contributed by atoms with van der Waals surface area (Å²) < 4.78 is 40.6. The Balaban J connectivity index is 1.07. The predicted molar refractivity (Wildman–Crippen MR) is 269 cm³/mol. The Labute approximate surface area is 467 Å². The zero-order valence-electron chi connectivity index (χ0n) is 46.6. The lowest BCUT2D eigenvalue weighted by molar-refractivity contribution is -0.184. The van der Waals surface area contributed by atoms with E-state index in [1.807, 2.05) is 0 Å². The molecule has 0 aromatic heterocycles. The van der Waals surface area contributed by atoms with Crippen molar-refractivity contribution in [1.29, 1.82) is 0 Å². The Hall–Kier alpha value is -6.23. The van der Waals surface area contributed by atoms with E-state index in [2.05, 4.69) is 26.6 Å². The van der Waals surface area contributed by atoms with Gasteiger partial charge in [-0.1, -0.05) is 0 Å². The number of carbonyl (C=O) groups excluding carboxylic acids is 10. The van der Waals surface area contributed by atoms with E-state index in [0.29, 0.717) is 0 Å². The van der Waals surface area contributed by atoms with Crippen molar-refractivity contribution in [2.45, 2.75) is 134 Å². The van der Waals surface area contributed by atoms with E-state index in [4.69, 9.17) is 34.9 Å². The number of hydrogen-bond acceptors (Lipinski definition) is 23. The Morgan fingerprint density at radius 1 is 0.531 bits per heavy atom. The zero-order chi connectivity index (χ0) is 61.1. The number of hydrogen-bond donors (Lipinski definition) is 12. The Morgan fingerprint density at radius 3 is 1.31 bits per heavy atom. The van der Waals surface area contributed by atoms with Crippen LogP contribution >= 0.6 is 0 Å². The Kier molecular flexibility index (Phi) is 25.8. The second kappa shape index (κ2) is 31.8. The molecule has 0 aromatic rings. The minimum atomic E-state index is -1.74. The van der Waals surface area contributed by atoms with E-state index in [1.54, 1.807) is 0 Å². The van der Waals surface area contributed by atoms with Crippen molar-refractivity contribution in [3.8, 4) is 0 Å². The fraction of sp³-hybridized carbons (Fsp3) is 0.776. The third kappa shape index (κ3) is 19.7. The van der Waals surface area contributed by atoms with Gasteiger partial charge in [0.15, 0.2) is 0 Å². The molecule has 32 nitrogen and oxygen atoms in total. The highest BCUT2D eigenvalue weighted by Gasteiger charge is 2.57. The lowest BCUT2D eigenvalue weighted by Crippen LogP contribution is -2.68. The SMILES string of the molecule is [3H]C(CC(=O)O)C(=O)NCCC(=O)N(CCOCCOCCNC(=O)CCC(C)(C)C(=O)OC[C@@H]1[C@@H](O)[C@H](O)[C@H](O)[C@H]2NC(=O)C(=O)N12)CCOCCOCCNC(=O)CCC(C)(C)C(=O)OC[C@@H]1[C@@H](O)[C@H](O)[C@H](O)[C@H]2NC(=O)C(=O)N12. The van der Waals surface area contributed by atoms with Gasteiger partial charge in [-0.15, -0.1) is 0 Å². The maximum absolute atomic E-state index is 13.1. The Morgan fingerprint density at radius 2 is 0.914 bits per heavy atom. The van der Waals surface area contributed by atoms with Crippen LogP contribution in [-0.2, 0) is 81.2 Å². The first kappa shape index (κ1) is 65.6. The summed E-state index contributed by atoms with van der Waals surface area (Å²) >= 11 is 0. The molecule has 4 aliphatic heterocycles. The summed E-state index contributed by atoms with van der Waals surface area (Å²) in [6, 6.07) is -2.67. The van der Waals surface area contributed by atoms with Gasteiger partial charge in [0.1, 0.15) is 62.2 Å². The molecule has 0 aromatic carbocycles. The molecule has 32 heteroatoms. The van der Waals surface area contributed by atoms with E-state index in [9.17, 15) is 83.4 Å². The number of aliphatic carboxylic acids is 1. The highest BCUT2D eigenvalue weighted by molar-refractivity contribution is 6.37. The summed E-state index contributed by atoms with van der Waals surface area (Å²) in [4.78, 5) is 139. The summed E-state index contributed by atoms with van der Waals surface area (Å²) in [6.07, 6.45) is -15.5. The molecule has 8 amide bonds. The number of piperidine rings is 2. The van der Waals surface area contributed by atoms with E-state index in [-0.39, 0.29) is 118 Å². The van der Waals surface area contributed by atoms with Crippen molar-refractivity contribution in [3.63, 3.8) is 0 Å². The number of ether oxygens (including phenoxy) is 6. The van der Waals surface area contributed by atoms with Crippen LogP contribution in [0.25, 0.3) is 0 Å². The van der Waals surface area contributed by atoms with Crippen LogP contribution in [0.4, 0.5) is 0 Å². The van der Waals surface area contributed by atoms with Gasteiger partial charge in [-0.25, -0.2) is 0 Å². The number of carboxylic acid groups (broad SMARTS) is 1. The first-order chi connectivity index (χ1) is 38.6. The first-order valence-corrected chi connectivity index (χ1v) is 26.3. The number of aliphatic hydroxyl groups is 6. The monoisotopic (exact) mass is 1160 g/mol. The van der Waals surface area contributed by atoms with Gasteiger partial charge in [-0.3, -0.25) is 52.7 Å². The number of nitrogens with zero attached hydrogens (tertiary/aromatic N) is 3. The van der Waals surface area contributed by atoms with Crippen LogP contribution < -0.4 is 26.6 Å². The standard InChI is InChI=1S/C49H78N8O24/c1-48(2,46(74)80-25-27-34(64)36(66)38(68)40-53-42(70)44(72)56(27)40)10-7-30(59)51-13-17-76-21-23-78-19-15-55(32(61)9-12-50-29(58)5-6-33(62)63)16-20-79-24-22-77-18-14-52-31(60)8-11-49(3,4)47(75)81-26-28-35(65)37(67)39(69)41-54-43(71)45(73)57(28)41/h27-28,34-41,64-69H,5-26H2,1-4H3,(H,50,58)(H,51,59)(H,52,60)(H,53,70)(H,54,71)(H,62,63)/t27-,28-,34-,35-,36+,37+,38+,39+,40+,41+/m1/s1/i5T/t5?,27-,28-,34-,35-,36+,37+,38+,39+,40+,41+. The number of fused-ring (bicyclic) bond motifs is 2. The fourth-order valence-electron chi connectivity index (χ4n) is 8.68. The van der Waals surface area contributed by atoms with Gasteiger partial charge in [-0.2, -0.15) is 0 Å². The van der Waals surface area contributed by atoms with Gasteiger partial charge < -0.3 is 105 Å². The number of rotatable bonds is 36. The summed E-state index contributed by atoms with van der Waals surface area (Å²) in [5.74, 6) is -9.19. The molecule has 4 aliphatic rings. The van der Waals surface area contributed by atoms with Gasteiger partial charge in [0, 0.05) is 59.8 Å². The van der Waals surface area contributed by atoms with E-state index < -0.39 is 163 Å². The maximum Gasteiger partial charge on any atom is 0.314 e. The van der Waals surface area contributed by atoms with E-state index >= 15 is 0 Å². The van der Waals surface area contributed by atoms with Crippen molar-refractivity contribution < 1.29 is 118 Å². The molecule has 4 heterocycles. The first-order valence-electron chi connectivity index (χ1n) is 26.9. The lowest BCUT2D eigenvalue weighted by atomic mass is 9.87. The second-order valence-electron chi connectivity index (χ2n) is 20.7. The van der Waals surface area contributed by atoms with E-state index in [0.717, 1.165) is 9.80 Å². The quantitative estimate of drug-likeness (QED) is 0.0158. The third-order valence-corrected chi connectivity index (χ3v) is 13.7. The molecular formula is C49H78N8O24. The number of aliphatic hydroxyl groups excluding tert-OH is 6. The number of carbonyl (C=O) groups is 11. The van der Waals surface area contributed by atoms with Crippen LogP contribution in [0.5, 0.6) is 0 Å². The minimum absolute atomic E-state index is 0.0368. The largest absolute Gasteiger partial charge is 0.481 e. The zero-order valence-corrected chi connectivity index (χ0v) is 45.6. The normalized spacial score (nSPS) is 24.9. The molecule has 11 atom stereocenters.